The smallest absolute Gasteiger partial charge is 0.0866 e. The fraction of sp³-hybridized carbons (Fsp3) is 0.429. The van der Waals surface area contributed by atoms with Crippen LogP contribution in [0.3, 0.4) is 0 Å². The molecule has 0 N–H and O–H groups in total. The second-order valence-electron chi connectivity index (χ2n) is 1.54. The maximum Gasteiger partial charge on any atom is 0.0866 e. The quantitative estimate of drug-likeness (QED) is 0.495. The SMILES string of the molecule is CCCC=CC=CF. The molecule has 0 rings (SSSR count). The van der Waals surface area contributed by atoms with Crippen molar-refractivity contribution in [2.24, 2.45) is 0 Å². The molecule has 0 saturated heterocycles. The Morgan fingerprint density at radius 2 is 2.12 bits per heavy atom. The van der Waals surface area contributed by atoms with Crippen LogP contribution in [0.1, 0.15) is 19.8 Å². The zero-order chi connectivity index (χ0) is 6.24. The Morgan fingerprint density at radius 1 is 1.38 bits per heavy atom. The molecule has 0 aliphatic carbocycles. The Morgan fingerprint density at radius 3 is 2.62 bits per heavy atom. The van der Waals surface area contributed by atoms with Crippen LogP contribution in [-0.2, 0) is 0 Å². The summed E-state index contributed by atoms with van der Waals surface area (Å²) in [5.41, 5.74) is 0. The van der Waals surface area contributed by atoms with Crippen LogP contribution in [0.2, 0.25) is 0 Å². The molecule has 1 heteroatoms. The highest BCUT2D eigenvalue weighted by Crippen LogP contribution is 1.88. The van der Waals surface area contributed by atoms with Crippen molar-refractivity contribution in [1.29, 1.82) is 0 Å². The molecule has 0 radical (unpaired) electrons. The summed E-state index contributed by atoms with van der Waals surface area (Å²) in [5.74, 6) is 0. The van der Waals surface area contributed by atoms with Gasteiger partial charge in [0.1, 0.15) is 0 Å². The van der Waals surface area contributed by atoms with Crippen molar-refractivity contribution in [3.05, 3.63) is 24.6 Å². The molecule has 0 unspecified atom stereocenters. The van der Waals surface area contributed by atoms with E-state index in [1.165, 1.54) is 6.08 Å². The van der Waals surface area contributed by atoms with E-state index in [9.17, 15) is 4.39 Å². The minimum Gasteiger partial charge on any atom is -0.216 e. The van der Waals surface area contributed by atoms with Gasteiger partial charge < -0.3 is 0 Å². The van der Waals surface area contributed by atoms with E-state index in [0.717, 1.165) is 12.8 Å². The van der Waals surface area contributed by atoms with E-state index >= 15 is 0 Å². The van der Waals surface area contributed by atoms with Gasteiger partial charge in [-0.15, -0.1) is 0 Å². The van der Waals surface area contributed by atoms with Gasteiger partial charge in [-0.05, 0) is 12.5 Å². The second kappa shape index (κ2) is 6.41. The molecule has 0 amide bonds. The van der Waals surface area contributed by atoms with Crippen molar-refractivity contribution in [2.75, 3.05) is 0 Å². The number of rotatable bonds is 3. The van der Waals surface area contributed by atoms with E-state index in [-0.39, 0.29) is 0 Å². The summed E-state index contributed by atoms with van der Waals surface area (Å²) in [6, 6.07) is 0. The largest absolute Gasteiger partial charge is 0.216 e. The average Bonchev–Trinajstić information content (AvgIpc) is 1.81. The van der Waals surface area contributed by atoms with E-state index in [0.29, 0.717) is 6.33 Å². The minimum atomic E-state index is 0.534. The first-order chi connectivity index (χ1) is 3.91. The number of hydrogen-bond donors (Lipinski definition) is 0. The van der Waals surface area contributed by atoms with Crippen LogP contribution in [0.4, 0.5) is 4.39 Å². The zero-order valence-electron chi connectivity index (χ0n) is 5.10. The molecule has 0 bridgehead atoms. The summed E-state index contributed by atoms with van der Waals surface area (Å²) < 4.78 is 11.2. The van der Waals surface area contributed by atoms with Crippen molar-refractivity contribution in [2.45, 2.75) is 19.8 Å². The van der Waals surface area contributed by atoms with Crippen molar-refractivity contribution in [3.63, 3.8) is 0 Å². The van der Waals surface area contributed by atoms with Gasteiger partial charge in [-0.1, -0.05) is 25.5 Å². The average molecular weight is 114 g/mol. The first-order valence-corrected chi connectivity index (χ1v) is 2.83. The first kappa shape index (κ1) is 7.41. The van der Waals surface area contributed by atoms with E-state index in [4.69, 9.17) is 0 Å². The summed E-state index contributed by atoms with van der Waals surface area (Å²) in [4.78, 5) is 0. The van der Waals surface area contributed by atoms with Gasteiger partial charge >= 0.3 is 0 Å². The number of halogens is 1. The summed E-state index contributed by atoms with van der Waals surface area (Å²) in [5, 5.41) is 0. The fourth-order valence-corrected chi connectivity index (χ4v) is 0.383. The normalized spacial score (nSPS) is 11.8. The predicted octanol–water partition coefficient (Wildman–Crippen LogP) is 2.83. The maximum absolute atomic E-state index is 11.2. The van der Waals surface area contributed by atoms with Crippen LogP contribution in [0.15, 0.2) is 24.6 Å². The third-order valence-corrected chi connectivity index (χ3v) is 0.775. The van der Waals surface area contributed by atoms with Crippen molar-refractivity contribution >= 4 is 0 Å². The van der Waals surface area contributed by atoms with Gasteiger partial charge in [0.05, 0.1) is 6.33 Å². The topological polar surface area (TPSA) is 0 Å². The van der Waals surface area contributed by atoms with Gasteiger partial charge in [0.2, 0.25) is 0 Å². The Hall–Kier alpha value is -0.590. The van der Waals surface area contributed by atoms with Crippen LogP contribution in [0, 0.1) is 0 Å². The van der Waals surface area contributed by atoms with Crippen molar-refractivity contribution < 1.29 is 4.39 Å². The molecule has 0 fully saturated rings. The molecular weight excluding hydrogens is 103 g/mol. The van der Waals surface area contributed by atoms with Gasteiger partial charge in [-0.2, -0.15) is 0 Å². The van der Waals surface area contributed by atoms with Crippen LogP contribution >= 0.6 is 0 Å². The lowest BCUT2D eigenvalue weighted by Crippen LogP contribution is -1.57. The van der Waals surface area contributed by atoms with E-state index in [2.05, 4.69) is 6.92 Å². The molecule has 8 heavy (non-hydrogen) atoms. The summed E-state index contributed by atoms with van der Waals surface area (Å²) >= 11 is 0. The number of allylic oxidation sites excluding steroid dienone is 3. The molecule has 0 aromatic heterocycles. The number of unbranched alkanes of at least 4 members (excludes halogenated alkanes) is 1. The van der Waals surface area contributed by atoms with E-state index in [1.54, 1.807) is 6.08 Å². The lowest BCUT2D eigenvalue weighted by atomic mass is 10.3. The molecule has 0 aromatic carbocycles. The van der Waals surface area contributed by atoms with Crippen molar-refractivity contribution in [1.82, 2.24) is 0 Å². The summed E-state index contributed by atoms with van der Waals surface area (Å²) in [6.45, 7) is 2.09. The molecule has 0 spiro atoms. The maximum atomic E-state index is 11.2. The highest BCUT2D eigenvalue weighted by molar-refractivity contribution is 4.98. The van der Waals surface area contributed by atoms with Gasteiger partial charge in [-0.25, -0.2) is 4.39 Å². The van der Waals surface area contributed by atoms with Crippen LogP contribution in [-0.4, -0.2) is 0 Å². The van der Waals surface area contributed by atoms with E-state index < -0.39 is 0 Å². The molecule has 0 aliphatic rings. The van der Waals surface area contributed by atoms with Gasteiger partial charge in [-0.3, -0.25) is 0 Å². The van der Waals surface area contributed by atoms with Crippen LogP contribution < -0.4 is 0 Å². The Bertz CT molecular complexity index is 82.4. The van der Waals surface area contributed by atoms with Crippen LogP contribution in [0.25, 0.3) is 0 Å². The third-order valence-electron chi connectivity index (χ3n) is 0.775. The summed E-state index contributed by atoms with van der Waals surface area (Å²) in [6.07, 6.45) is 7.72. The van der Waals surface area contributed by atoms with Gasteiger partial charge in [0.25, 0.3) is 0 Å². The molecule has 0 saturated carbocycles. The molecule has 46 valence electrons. The molecule has 0 aliphatic heterocycles. The Balaban J connectivity index is 3.07. The van der Waals surface area contributed by atoms with E-state index in [1.807, 2.05) is 6.08 Å². The monoisotopic (exact) mass is 114 g/mol. The second-order valence-corrected chi connectivity index (χ2v) is 1.54. The fourth-order valence-electron chi connectivity index (χ4n) is 0.383. The third kappa shape index (κ3) is 5.41. The predicted molar refractivity (Wildman–Crippen MR) is 34.3 cm³/mol. The highest BCUT2D eigenvalue weighted by atomic mass is 19.1. The Labute approximate surface area is 49.7 Å². The zero-order valence-corrected chi connectivity index (χ0v) is 5.10. The molecule has 0 heterocycles. The lowest BCUT2D eigenvalue weighted by Gasteiger charge is -1.77. The lowest BCUT2D eigenvalue weighted by molar-refractivity contribution is 0.721. The highest BCUT2D eigenvalue weighted by Gasteiger charge is 1.67. The summed E-state index contributed by atoms with van der Waals surface area (Å²) in [7, 11) is 0. The molecule has 0 atom stereocenters. The van der Waals surface area contributed by atoms with Gasteiger partial charge in [0.15, 0.2) is 0 Å². The van der Waals surface area contributed by atoms with Crippen LogP contribution in [0.5, 0.6) is 0 Å². The molecule has 0 nitrogen and oxygen atoms in total. The number of hydrogen-bond acceptors (Lipinski definition) is 0. The first-order valence-electron chi connectivity index (χ1n) is 2.83. The molecular formula is C7H11F. The Kier molecular flexibility index (Phi) is 5.94. The van der Waals surface area contributed by atoms with Gasteiger partial charge in [0, 0.05) is 0 Å². The standard InChI is InChI=1S/C7H11F/c1-2-3-4-5-6-7-8/h4-7H,2-3H2,1H3. The minimum absolute atomic E-state index is 0.534. The molecule has 0 aromatic rings. The van der Waals surface area contributed by atoms with Crippen molar-refractivity contribution in [3.8, 4) is 0 Å².